The summed E-state index contributed by atoms with van der Waals surface area (Å²) in [5.41, 5.74) is 3.70. The lowest BCUT2D eigenvalue weighted by atomic mass is 9.78. The summed E-state index contributed by atoms with van der Waals surface area (Å²) in [6.45, 7) is 12.7. The zero-order valence-corrected chi connectivity index (χ0v) is 12.2. The van der Waals surface area contributed by atoms with Gasteiger partial charge in [0.15, 0.2) is 11.6 Å². The van der Waals surface area contributed by atoms with Gasteiger partial charge in [-0.05, 0) is 28.4 Å². The standard InChI is InChI=1S/C16H22O2/c1-15(2,3)9-7-10(16(4,5)6)14-12(18)8-11(17)13(9)14/h7-8H2,1-6H3. The van der Waals surface area contributed by atoms with Gasteiger partial charge in [0.2, 0.25) is 0 Å². The summed E-state index contributed by atoms with van der Waals surface area (Å²) in [6, 6.07) is 0. The van der Waals surface area contributed by atoms with Crippen molar-refractivity contribution in [3.8, 4) is 0 Å². The van der Waals surface area contributed by atoms with E-state index in [1.54, 1.807) is 0 Å². The molecule has 0 bridgehead atoms. The Kier molecular flexibility index (Phi) is 2.69. The Morgan fingerprint density at radius 3 is 1.28 bits per heavy atom. The first-order valence-corrected chi connectivity index (χ1v) is 6.57. The van der Waals surface area contributed by atoms with Crippen LogP contribution < -0.4 is 0 Å². The normalized spacial score (nSPS) is 21.2. The summed E-state index contributed by atoms with van der Waals surface area (Å²) in [6.07, 6.45) is 0.860. The lowest BCUT2D eigenvalue weighted by molar-refractivity contribution is -0.120. The number of Topliss-reactive ketones (excluding diaryl/α,β-unsaturated/α-hetero) is 2. The molecular weight excluding hydrogens is 224 g/mol. The van der Waals surface area contributed by atoms with Gasteiger partial charge in [-0.3, -0.25) is 9.59 Å². The molecule has 0 aromatic heterocycles. The minimum atomic E-state index is -0.0478. The zero-order chi connectivity index (χ0) is 13.9. The van der Waals surface area contributed by atoms with Crippen LogP contribution in [0.15, 0.2) is 22.3 Å². The van der Waals surface area contributed by atoms with E-state index in [0.29, 0.717) is 0 Å². The van der Waals surface area contributed by atoms with Crippen LogP contribution in [-0.2, 0) is 9.59 Å². The molecule has 0 unspecified atom stereocenters. The van der Waals surface area contributed by atoms with E-state index in [0.717, 1.165) is 28.7 Å². The third-order valence-corrected chi connectivity index (χ3v) is 3.90. The van der Waals surface area contributed by atoms with E-state index in [1.165, 1.54) is 0 Å². The fourth-order valence-electron chi connectivity index (χ4n) is 2.87. The molecule has 0 spiro atoms. The minimum absolute atomic E-state index is 0.0270. The Balaban J connectivity index is 2.64. The van der Waals surface area contributed by atoms with Gasteiger partial charge in [0, 0.05) is 11.1 Å². The molecule has 2 heteroatoms. The van der Waals surface area contributed by atoms with Crippen LogP contribution in [0.3, 0.4) is 0 Å². The number of carbonyl (C=O) groups excluding carboxylic acids is 2. The van der Waals surface area contributed by atoms with Gasteiger partial charge in [0.1, 0.15) is 0 Å². The third-order valence-electron chi connectivity index (χ3n) is 3.90. The average molecular weight is 246 g/mol. The van der Waals surface area contributed by atoms with E-state index in [1.807, 2.05) is 0 Å². The topological polar surface area (TPSA) is 34.1 Å². The number of rotatable bonds is 0. The minimum Gasteiger partial charge on any atom is -0.294 e. The van der Waals surface area contributed by atoms with E-state index in [9.17, 15) is 9.59 Å². The first-order chi connectivity index (χ1) is 8.03. The van der Waals surface area contributed by atoms with Gasteiger partial charge in [-0.2, -0.15) is 0 Å². The zero-order valence-electron chi connectivity index (χ0n) is 12.2. The van der Waals surface area contributed by atoms with Crippen LogP contribution in [-0.4, -0.2) is 11.6 Å². The van der Waals surface area contributed by atoms with Crippen molar-refractivity contribution < 1.29 is 9.59 Å². The molecule has 0 aliphatic heterocycles. The van der Waals surface area contributed by atoms with Crippen LogP contribution >= 0.6 is 0 Å². The van der Waals surface area contributed by atoms with Crippen molar-refractivity contribution in [1.29, 1.82) is 0 Å². The second kappa shape index (κ2) is 3.66. The number of hydrogen-bond donors (Lipinski definition) is 0. The number of fused-ring (bicyclic) bond motifs is 1. The predicted molar refractivity (Wildman–Crippen MR) is 72.2 cm³/mol. The molecule has 1 saturated carbocycles. The Hall–Kier alpha value is -1.18. The predicted octanol–water partition coefficient (Wildman–Crippen LogP) is 3.62. The Labute approximate surface area is 109 Å². The van der Waals surface area contributed by atoms with Crippen molar-refractivity contribution in [2.45, 2.75) is 54.4 Å². The highest BCUT2D eigenvalue weighted by Crippen LogP contribution is 2.50. The molecule has 2 aliphatic carbocycles. The van der Waals surface area contributed by atoms with Gasteiger partial charge >= 0.3 is 0 Å². The van der Waals surface area contributed by atoms with E-state index in [4.69, 9.17) is 0 Å². The van der Waals surface area contributed by atoms with Gasteiger partial charge in [0.25, 0.3) is 0 Å². The van der Waals surface area contributed by atoms with Crippen molar-refractivity contribution in [1.82, 2.24) is 0 Å². The smallest absolute Gasteiger partial charge is 0.171 e. The van der Waals surface area contributed by atoms with Crippen LogP contribution in [0.4, 0.5) is 0 Å². The molecule has 0 radical (unpaired) electrons. The number of ketones is 2. The molecule has 0 atom stereocenters. The fourth-order valence-corrected chi connectivity index (χ4v) is 2.87. The molecule has 2 rings (SSSR count). The van der Waals surface area contributed by atoms with Crippen LogP contribution in [0.1, 0.15) is 54.4 Å². The highest BCUT2D eigenvalue weighted by Gasteiger charge is 2.44. The van der Waals surface area contributed by atoms with Gasteiger partial charge in [-0.1, -0.05) is 41.5 Å². The molecule has 0 amide bonds. The summed E-state index contributed by atoms with van der Waals surface area (Å²) in [5.74, 6) is 0.0540. The van der Waals surface area contributed by atoms with E-state index >= 15 is 0 Å². The molecule has 0 heterocycles. The summed E-state index contributed by atoms with van der Waals surface area (Å²) >= 11 is 0. The Morgan fingerprint density at radius 2 is 1.00 bits per heavy atom. The third kappa shape index (κ3) is 1.88. The average Bonchev–Trinajstić information content (AvgIpc) is 2.64. The quantitative estimate of drug-likeness (QED) is 0.612. The number of allylic oxidation sites excluding steroid dienone is 4. The lowest BCUT2D eigenvalue weighted by Crippen LogP contribution is -2.15. The van der Waals surface area contributed by atoms with Gasteiger partial charge < -0.3 is 0 Å². The summed E-state index contributed by atoms with van der Waals surface area (Å²) in [7, 11) is 0. The van der Waals surface area contributed by atoms with Crippen LogP contribution in [0.5, 0.6) is 0 Å². The van der Waals surface area contributed by atoms with E-state index in [-0.39, 0.29) is 28.8 Å². The number of hydrogen-bond acceptors (Lipinski definition) is 2. The monoisotopic (exact) mass is 246 g/mol. The molecule has 2 nitrogen and oxygen atoms in total. The molecule has 0 N–H and O–H groups in total. The number of carbonyl (C=O) groups is 2. The molecule has 98 valence electrons. The van der Waals surface area contributed by atoms with Crippen LogP contribution in [0.2, 0.25) is 0 Å². The lowest BCUT2D eigenvalue weighted by Gasteiger charge is -2.26. The maximum Gasteiger partial charge on any atom is 0.171 e. The fraction of sp³-hybridized carbons (Fsp3) is 0.625. The molecule has 2 aliphatic rings. The highest BCUT2D eigenvalue weighted by molar-refractivity contribution is 6.28. The summed E-state index contributed by atoms with van der Waals surface area (Å²) in [4.78, 5) is 24.2. The van der Waals surface area contributed by atoms with Gasteiger partial charge in [-0.25, -0.2) is 0 Å². The first-order valence-electron chi connectivity index (χ1n) is 6.57. The van der Waals surface area contributed by atoms with Crippen molar-refractivity contribution in [2.75, 3.05) is 0 Å². The van der Waals surface area contributed by atoms with Crippen molar-refractivity contribution in [2.24, 2.45) is 10.8 Å². The van der Waals surface area contributed by atoms with Gasteiger partial charge in [0.05, 0.1) is 6.42 Å². The Morgan fingerprint density at radius 1 is 0.667 bits per heavy atom. The first kappa shape index (κ1) is 13.3. The van der Waals surface area contributed by atoms with E-state index < -0.39 is 0 Å². The van der Waals surface area contributed by atoms with E-state index in [2.05, 4.69) is 41.5 Å². The maximum atomic E-state index is 12.1. The summed E-state index contributed by atoms with van der Waals surface area (Å²) in [5, 5.41) is 0. The van der Waals surface area contributed by atoms with Crippen molar-refractivity contribution in [3.05, 3.63) is 22.3 Å². The molecule has 1 fully saturated rings. The second-order valence-electron chi connectivity index (χ2n) is 7.41. The summed E-state index contributed by atoms with van der Waals surface area (Å²) < 4.78 is 0. The molecule has 18 heavy (non-hydrogen) atoms. The molecule has 0 aromatic carbocycles. The SMILES string of the molecule is CC(C)(C)C1=C2C(=O)CC(=O)C2=C(C(C)(C)C)C1. The largest absolute Gasteiger partial charge is 0.294 e. The van der Waals surface area contributed by atoms with Gasteiger partial charge in [-0.15, -0.1) is 0 Å². The van der Waals surface area contributed by atoms with Crippen molar-refractivity contribution >= 4 is 11.6 Å². The highest BCUT2D eigenvalue weighted by atomic mass is 16.2. The molecular formula is C16H22O2. The van der Waals surface area contributed by atoms with Crippen LogP contribution in [0.25, 0.3) is 0 Å². The molecule has 0 saturated heterocycles. The second-order valence-corrected chi connectivity index (χ2v) is 7.41. The molecule has 0 aromatic rings. The maximum absolute atomic E-state index is 12.1. The van der Waals surface area contributed by atoms with Crippen LogP contribution in [0, 0.1) is 10.8 Å². The van der Waals surface area contributed by atoms with Crippen molar-refractivity contribution in [3.63, 3.8) is 0 Å². The Bertz CT molecular complexity index is 456.